The van der Waals surface area contributed by atoms with Gasteiger partial charge in [-0.25, -0.2) is 4.57 Å². The predicted octanol–water partition coefficient (Wildman–Crippen LogP) is -6.10. The molecule has 0 aromatic carbocycles. The standard InChI is InChI=1S/Al.3H3O4P/c;3*1-5(2,3)4/h;3*(H3,1,2,3,4)/q+3;;;/p-3. The molecule has 16 heteroatoms. The van der Waals surface area contributed by atoms with Crippen LogP contribution in [0.25, 0.3) is 0 Å². The van der Waals surface area contributed by atoms with Gasteiger partial charge in [-0.2, -0.15) is 7.82 Å². The summed E-state index contributed by atoms with van der Waals surface area (Å²) in [6, 6.07) is 0. The van der Waals surface area contributed by atoms with E-state index in [2.05, 4.69) is 0 Å². The van der Waals surface area contributed by atoms with Crippen molar-refractivity contribution in [2.75, 3.05) is 0 Å². The van der Waals surface area contributed by atoms with Gasteiger partial charge in [-0.1, -0.05) is 0 Å². The third-order valence-corrected chi connectivity index (χ3v) is 0. The Morgan fingerprint density at radius 2 is 0.750 bits per heavy atom. The largest absolute Gasteiger partial charge is 3.00 e. The first-order chi connectivity index (χ1) is 6.00. The SMILES string of the molecule is O=P(O)(O)O.O=P([O-])([O-])O.O=P([O-])([O-])[O-].[Al+3].[H+].[H+]. The first-order valence-electron chi connectivity index (χ1n) is 2.26. The zero-order valence-corrected chi connectivity index (χ0v) is 10.8. The Hall–Kier alpha value is 0.862. The molecule has 0 rings (SSSR count). The maximum absolute atomic E-state index is 8.88. The third-order valence-electron chi connectivity index (χ3n) is 0. The Balaban J connectivity index is -0.0000000277. The quantitative estimate of drug-likeness (QED) is 0.240. The fraction of sp³-hybridized carbons (Fsp3) is 0. The second-order valence-electron chi connectivity index (χ2n) is 1.43. The molecule has 0 aliphatic heterocycles. The molecule has 0 bridgehead atoms. The number of rotatable bonds is 0. The van der Waals surface area contributed by atoms with Gasteiger partial charge in [-0.15, -0.1) is 0 Å². The van der Waals surface area contributed by atoms with Crippen LogP contribution in [0, 0.1) is 0 Å². The van der Waals surface area contributed by atoms with Crippen LogP contribution in [0.5, 0.6) is 0 Å². The van der Waals surface area contributed by atoms with Crippen molar-refractivity contribution in [1.82, 2.24) is 0 Å². The average Bonchev–Trinajstić information content (AvgIpc) is 1.41. The second kappa shape index (κ2) is 9.85. The van der Waals surface area contributed by atoms with Gasteiger partial charge < -0.3 is 53.2 Å². The van der Waals surface area contributed by atoms with E-state index in [1.54, 1.807) is 0 Å². The van der Waals surface area contributed by atoms with Crippen LogP contribution >= 0.6 is 23.5 Å². The molecule has 0 atom stereocenters. The van der Waals surface area contributed by atoms with Gasteiger partial charge in [0.2, 0.25) is 0 Å². The number of phosphoric acid groups is 3. The molecule has 0 heterocycles. The van der Waals surface area contributed by atoms with E-state index in [9.17, 15) is 0 Å². The topological polar surface area (TPSA) is 247 Å². The van der Waals surface area contributed by atoms with Crippen molar-refractivity contribution < 1.29 is 60.6 Å². The molecule has 12 nitrogen and oxygen atoms in total. The summed E-state index contributed by atoms with van der Waals surface area (Å²) in [6.45, 7) is 0. The summed E-state index contributed by atoms with van der Waals surface area (Å²) in [5.41, 5.74) is 0. The van der Waals surface area contributed by atoms with Gasteiger partial charge in [0.25, 0.3) is 0 Å². The smallest absolute Gasteiger partial charge is 0.822 e. The zero-order chi connectivity index (χ0) is 13.5. The van der Waals surface area contributed by atoms with Gasteiger partial charge in [0, 0.05) is 0 Å². The van der Waals surface area contributed by atoms with Crippen LogP contribution in [0.2, 0.25) is 0 Å². The zero-order valence-electron chi connectivity index (χ0n) is 8.97. The molecule has 0 aromatic rings. The Labute approximate surface area is 102 Å². The number of hydrogen-bond donors (Lipinski definition) is 4. The van der Waals surface area contributed by atoms with E-state index in [-0.39, 0.29) is 20.2 Å². The van der Waals surface area contributed by atoms with Gasteiger partial charge in [-0.05, 0) is 0 Å². The molecule has 0 fully saturated rings. The van der Waals surface area contributed by atoms with Crippen LogP contribution in [0.4, 0.5) is 0 Å². The average molecular weight is 318 g/mol. The third kappa shape index (κ3) is 3840. The molecule has 0 saturated heterocycles. The summed E-state index contributed by atoms with van der Waals surface area (Å²) in [4.78, 5) is 71.5. The summed E-state index contributed by atoms with van der Waals surface area (Å²) in [7, 11) is -15.2. The minimum absolute atomic E-state index is 0. The van der Waals surface area contributed by atoms with E-state index in [0.717, 1.165) is 0 Å². The van der Waals surface area contributed by atoms with Gasteiger partial charge in [0.15, 0.2) is 0 Å². The molecule has 96 valence electrons. The maximum atomic E-state index is 8.88. The van der Waals surface area contributed by atoms with E-state index in [1.807, 2.05) is 0 Å². The van der Waals surface area contributed by atoms with Crippen LogP contribution in [-0.4, -0.2) is 36.9 Å². The molecule has 0 aliphatic carbocycles. The Kier molecular flexibility index (Phi) is 15.8. The Morgan fingerprint density at radius 3 is 0.750 bits per heavy atom. The van der Waals surface area contributed by atoms with Crippen molar-refractivity contribution in [2.45, 2.75) is 0 Å². The first-order valence-corrected chi connectivity index (χ1v) is 6.78. The van der Waals surface area contributed by atoms with Crippen LogP contribution < -0.4 is 24.5 Å². The van der Waals surface area contributed by atoms with Crippen LogP contribution in [0.3, 0.4) is 0 Å². The van der Waals surface area contributed by atoms with E-state index in [4.69, 9.17) is 57.7 Å². The fourth-order valence-corrected chi connectivity index (χ4v) is 0. The van der Waals surface area contributed by atoms with Crippen molar-refractivity contribution in [1.29, 1.82) is 0 Å². The van der Waals surface area contributed by atoms with Crippen molar-refractivity contribution in [3.05, 3.63) is 0 Å². The van der Waals surface area contributed by atoms with E-state index in [1.165, 1.54) is 0 Å². The summed E-state index contributed by atoms with van der Waals surface area (Å²) < 4.78 is 26.1. The maximum Gasteiger partial charge on any atom is 3.00 e. The van der Waals surface area contributed by atoms with Gasteiger partial charge in [-0.3, -0.25) is 0 Å². The van der Waals surface area contributed by atoms with Crippen LogP contribution in [0.1, 0.15) is 2.85 Å². The van der Waals surface area contributed by atoms with Crippen molar-refractivity contribution >= 4 is 40.8 Å². The van der Waals surface area contributed by atoms with Crippen molar-refractivity contribution in [2.24, 2.45) is 0 Å². The number of hydrogen-bond acceptors (Lipinski definition) is 8. The molecule has 0 aromatic heterocycles. The molecule has 0 saturated carbocycles. The molecule has 0 aliphatic rings. The second-order valence-corrected chi connectivity index (χ2v) is 4.29. The monoisotopic (exact) mass is 318 g/mol. The van der Waals surface area contributed by atoms with Gasteiger partial charge in [0.1, 0.15) is 0 Å². The van der Waals surface area contributed by atoms with Crippen molar-refractivity contribution in [3.63, 3.8) is 0 Å². The molecule has 0 amide bonds. The summed E-state index contributed by atoms with van der Waals surface area (Å²) in [5.74, 6) is 0. The van der Waals surface area contributed by atoms with E-state index in [0.29, 0.717) is 0 Å². The fourth-order valence-electron chi connectivity index (χ4n) is 0. The molecule has 16 heavy (non-hydrogen) atoms. The van der Waals surface area contributed by atoms with E-state index < -0.39 is 23.5 Å². The first kappa shape index (κ1) is 25.6. The summed E-state index contributed by atoms with van der Waals surface area (Å²) in [5, 5.41) is 0. The Bertz CT molecular complexity index is 211. The van der Waals surface area contributed by atoms with Gasteiger partial charge in [0.05, 0.1) is 7.82 Å². The minimum atomic E-state index is -5.39. The van der Waals surface area contributed by atoms with Crippen LogP contribution in [-0.2, 0) is 13.7 Å². The van der Waals surface area contributed by atoms with Gasteiger partial charge >= 0.3 is 28.0 Å². The molecule has 0 radical (unpaired) electrons. The molecule has 4 N–H and O–H groups in total. The molecule has 0 unspecified atom stereocenters. The molecular formula is H6AlO12P3. The normalized spacial score (nSPS) is 11.1. The predicted molar refractivity (Wildman–Crippen MR) is 39.7 cm³/mol. The summed E-state index contributed by atoms with van der Waals surface area (Å²) in [6.07, 6.45) is 0. The molecule has 0 spiro atoms. The summed E-state index contributed by atoms with van der Waals surface area (Å²) >= 11 is 0. The Morgan fingerprint density at radius 1 is 0.750 bits per heavy atom. The van der Waals surface area contributed by atoms with Crippen LogP contribution in [0.15, 0.2) is 0 Å². The van der Waals surface area contributed by atoms with E-state index >= 15 is 0 Å². The van der Waals surface area contributed by atoms with Crippen molar-refractivity contribution in [3.8, 4) is 0 Å². The minimum Gasteiger partial charge on any atom is -0.822 e. The molecular weight excluding hydrogens is 312 g/mol.